The van der Waals surface area contributed by atoms with Crippen molar-refractivity contribution in [2.75, 3.05) is 6.54 Å². The van der Waals surface area contributed by atoms with Crippen LogP contribution in [0.25, 0.3) is 0 Å². The van der Waals surface area contributed by atoms with E-state index in [0.29, 0.717) is 5.56 Å². The molecule has 1 aromatic carbocycles. The van der Waals surface area contributed by atoms with Crippen LogP contribution in [0.5, 0.6) is 0 Å². The van der Waals surface area contributed by atoms with Gasteiger partial charge in [0.2, 0.25) is 0 Å². The fourth-order valence-electron chi connectivity index (χ4n) is 1.74. The molecule has 1 N–H and O–H groups in total. The second kappa shape index (κ2) is 6.92. The van der Waals surface area contributed by atoms with E-state index in [2.05, 4.69) is 34.7 Å². The van der Waals surface area contributed by atoms with Crippen LogP contribution >= 0.6 is 15.9 Å². The summed E-state index contributed by atoms with van der Waals surface area (Å²) in [7, 11) is 0. The third kappa shape index (κ3) is 4.60. The summed E-state index contributed by atoms with van der Waals surface area (Å²) in [6.45, 7) is 8.85. The molecule has 0 saturated heterocycles. The minimum Gasteiger partial charge on any atom is -0.310 e. The molecule has 1 rings (SSSR count). The van der Waals surface area contributed by atoms with Gasteiger partial charge in [0.05, 0.1) is 0 Å². The molecule has 0 spiro atoms. The maximum Gasteiger partial charge on any atom is 0.128 e. The van der Waals surface area contributed by atoms with Crippen LogP contribution in [0.1, 0.15) is 38.3 Å². The molecule has 0 saturated carbocycles. The summed E-state index contributed by atoms with van der Waals surface area (Å²) in [6, 6.07) is 5.06. The van der Waals surface area contributed by atoms with Crippen molar-refractivity contribution in [3.63, 3.8) is 0 Å². The Labute approximate surface area is 111 Å². The Balaban J connectivity index is 2.93. The van der Waals surface area contributed by atoms with Crippen molar-refractivity contribution in [1.29, 1.82) is 0 Å². The van der Waals surface area contributed by atoms with E-state index in [1.807, 2.05) is 13.0 Å². The molecule has 17 heavy (non-hydrogen) atoms. The Morgan fingerprint density at radius 1 is 1.53 bits per heavy atom. The Morgan fingerprint density at radius 2 is 2.24 bits per heavy atom. The summed E-state index contributed by atoms with van der Waals surface area (Å²) in [4.78, 5) is 0. The summed E-state index contributed by atoms with van der Waals surface area (Å²) in [5.41, 5.74) is 1.76. The Kier molecular flexibility index (Phi) is 5.86. The fraction of sp³-hybridized carbons (Fsp3) is 0.429. The Bertz CT molecular complexity index is 390. The van der Waals surface area contributed by atoms with Gasteiger partial charge in [-0.25, -0.2) is 4.39 Å². The smallest absolute Gasteiger partial charge is 0.128 e. The normalized spacial score (nSPS) is 12.5. The van der Waals surface area contributed by atoms with Crippen LogP contribution < -0.4 is 5.32 Å². The van der Waals surface area contributed by atoms with Gasteiger partial charge in [-0.2, -0.15) is 0 Å². The highest BCUT2D eigenvalue weighted by molar-refractivity contribution is 9.10. The third-order valence-electron chi connectivity index (χ3n) is 2.53. The minimum atomic E-state index is -0.164. The molecule has 3 heteroatoms. The summed E-state index contributed by atoms with van der Waals surface area (Å²) < 4.78 is 14.7. The molecule has 1 nitrogen and oxygen atoms in total. The van der Waals surface area contributed by atoms with Gasteiger partial charge in [-0.1, -0.05) is 28.4 Å². The van der Waals surface area contributed by atoms with E-state index in [9.17, 15) is 4.39 Å². The molecule has 1 unspecified atom stereocenters. The van der Waals surface area contributed by atoms with E-state index in [0.717, 1.165) is 29.4 Å². The average Bonchev–Trinajstić information content (AvgIpc) is 2.27. The number of hydrogen-bond acceptors (Lipinski definition) is 1. The predicted molar refractivity (Wildman–Crippen MR) is 74.6 cm³/mol. The van der Waals surface area contributed by atoms with Crippen molar-refractivity contribution in [1.82, 2.24) is 5.32 Å². The minimum absolute atomic E-state index is 0.00458. The van der Waals surface area contributed by atoms with E-state index in [1.54, 1.807) is 6.07 Å². The zero-order chi connectivity index (χ0) is 12.8. The molecule has 0 radical (unpaired) electrons. The molecular weight excluding hydrogens is 281 g/mol. The SMILES string of the molecule is C=C(C)CC(NCCC)c1cc(Br)ccc1F. The highest BCUT2D eigenvalue weighted by Crippen LogP contribution is 2.26. The standard InChI is InChI=1S/C14H19BrFN/c1-4-7-17-14(8-10(2)3)12-9-11(15)5-6-13(12)16/h5-6,9,14,17H,2,4,7-8H2,1,3H3. The first-order valence-electron chi connectivity index (χ1n) is 5.87. The molecule has 94 valence electrons. The van der Waals surface area contributed by atoms with Crippen molar-refractivity contribution < 1.29 is 4.39 Å². The van der Waals surface area contributed by atoms with Crippen LogP contribution in [-0.2, 0) is 0 Å². The summed E-state index contributed by atoms with van der Waals surface area (Å²) in [6.07, 6.45) is 1.79. The fourth-order valence-corrected chi connectivity index (χ4v) is 2.12. The van der Waals surface area contributed by atoms with E-state index in [1.165, 1.54) is 6.07 Å². The number of benzene rings is 1. The molecular formula is C14H19BrFN. The van der Waals surface area contributed by atoms with Crippen LogP contribution in [0.3, 0.4) is 0 Å². The monoisotopic (exact) mass is 299 g/mol. The van der Waals surface area contributed by atoms with Gasteiger partial charge in [-0.05, 0) is 44.5 Å². The number of rotatable bonds is 6. The molecule has 0 aliphatic rings. The van der Waals surface area contributed by atoms with Crippen molar-refractivity contribution in [3.8, 4) is 0 Å². The van der Waals surface area contributed by atoms with Gasteiger partial charge in [0.25, 0.3) is 0 Å². The molecule has 0 aromatic heterocycles. The lowest BCUT2D eigenvalue weighted by Crippen LogP contribution is -2.23. The quantitative estimate of drug-likeness (QED) is 0.757. The van der Waals surface area contributed by atoms with Crippen LogP contribution in [0.15, 0.2) is 34.8 Å². The third-order valence-corrected chi connectivity index (χ3v) is 3.02. The van der Waals surface area contributed by atoms with E-state index >= 15 is 0 Å². The van der Waals surface area contributed by atoms with E-state index in [-0.39, 0.29) is 11.9 Å². The highest BCUT2D eigenvalue weighted by atomic mass is 79.9. The van der Waals surface area contributed by atoms with Gasteiger partial charge in [0.1, 0.15) is 5.82 Å². The molecule has 0 heterocycles. The van der Waals surface area contributed by atoms with Crippen LogP contribution in [-0.4, -0.2) is 6.54 Å². The van der Waals surface area contributed by atoms with E-state index < -0.39 is 0 Å². The maximum absolute atomic E-state index is 13.8. The molecule has 0 aliphatic carbocycles. The average molecular weight is 300 g/mol. The lowest BCUT2D eigenvalue weighted by Gasteiger charge is -2.20. The topological polar surface area (TPSA) is 12.0 Å². The highest BCUT2D eigenvalue weighted by Gasteiger charge is 2.15. The lowest BCUT2D eigenvalue weighted by molar-refractivity contribution is 0.496. The van der Waals surface area contributed by atoms with Crippen molar-refractivity contribution in [2.24, 2.45) is 0 Å². The summed E-state index contributed by atoms with van der Waals surface area (Å²) >= 11 is 3.38. The second-order valence-corrected chi connectivity index (χ2v) is 5.25. The van der Waals surface area contributed by atoms with Crippen molar-refractivity contribution in [3.05, 3.63) is 46.2 Å². The number of halogens is 2. The zero-order valence-electron chi connectivity index (χ0n) is 10.4. The van der Waals surface area contributed by atoms with Gasteiger partial charge in [-0.3, -0.25) is 0 Å². The summed E-state index contributed by atoms with van der Waals surface area (Å²) in [5, 5.41) is 3.36. The predicted octanol–water partition coefficient (Wildman–Crippen LogP) is 4.60. The second-order valence-electron chi connectivity index (χ2n) is 4.33. The first-order chi connectivity index (χ1) is 8.04. The maximum atomic E-state index is 13.8. The zero-order valence-corrected chi connectivity index (χ0v) is 12.0. The van der Waals surface area contributed by atoms with Gasteiger partial charge >= 0.3 is 0 Å². The molecule has 1 atom stereocenters. The van der Waals surface area contributed by atoms with Crippen LogP contribution in [0.2, 0.25) is 0 Å². The van der Waals surface area contributed by atoms with Crippen LogP contribution in [0.4, 0.5) is 4.39 Å². The van der Waals surface area contributed by atoms with Gasteiger partial charge in [0.15, 0.2) is 0 Å². The van der Waals surface area contributed by atoms with Crippen LogP contribution in [0, 0.1) is 5.82 Å². The molecule has 0 aliphatic heterocycles. The lowest BCUT2D eigenvalue weighted by atomic mass is 9.99. The Morgan fingerprint density at radius 3 is 2.82 bits per heavy atom. The number of hydrogen-bond donors (Lipinski definition) is 1. The van der Waals surface area contributed by atoms with Gasteiger partial charge in [-0.15, -0.1) is 6.58 Å². The molecule has 1 aromatic rings. The molecule has 0 bridgehead atoms. The first-order valence-corrected chi connectivity index (χ1v) is 6.66. The van der Waals surface area contributed by atoms with E-state index in [4.69, 9.17) is 0 Å². The Hall–Kier alpha value is -0.670. The summed E-state index contributed by atoms with van der Waals surface area (Å²) in [5.74, 6) is -0.164. The number of nitrogens with one attached hydrogen (secondary N) is 1. The molecule has 0 fully saturated rings. The van der Waals surface area contributed by atoms with Gasteiger partial charge in [0, 0.05) is 16.1 Å². The first kappa shape index (κ1) is 14.4. The van der Waals surface area contributed by atoms with Crippen molar-refractivity contribution in [2.45, 2.75) is 32.7 Å². The van der Waals surface area contributed by atoms with Gasteiger partial charge < -0.3 is 5.32 Å². The molecule has 0 amide bonds. The van der Waals surface area contributed by atoms with Crippen molar-refractivity contribution >= 4 is 15.9 Å². The largest absolute Gasteiger partial charge is 0.310 e.